The third-order valence-electron chi connectivity index (χ3n) is 7.37. The number of carbonyl (C=O) groups excluding carboxylic acids is 2. The first-order valence-electron chi connectivity index (χ1n) is 14.8. The molecule has 2 amide bonds. The van der Waals surface area contributed by atoms with E-state index in [4.69, 9.17) is 11.6 Å². The van der Waals surface area contributed by atoms with Gasteiger partial charge in [0.2, 0.25) is 11.8 Å². The highest BCUT2D eigenvalue weighted by atomic mass is 35.5. The molecule has 236 valence electrons. The van der Waals surface area contributed by atoms with Gasteiger partial charge in [-0.1, -0.05) is 85.1 Å². The van der Waals surface area contributed by atoms with Crippen molar-refractivity contribution >= 4 is 39.1 Å². The van der Waals surface area contributed by atoms with Gasteiger partial charge in [-0.15, -0.1) is 0 Å². The summed E-state index contributed by atoms with van der Waals surface area (Å²) < 4.78 is 42.9. The second-order valence-corrected chi connectivity index (χ2v) is 13.1. The molecule has 0 saturated carbocycles. The van der Waals surface area contributed by atoms with E-state index < -0.39 is 34.3 Å². The standard InChI is InChI=1S/C35H37ClFN3O4S/c1-3-4-22-38-35(42)33(23-27-8-6-5-7-9-27)39(24-28-12-14-29(36)15-13-28)34(41)25-40(31-18-16-30(37)17-19-31)45(43,44)32-20-10-26(2)11-21-32/h5-21,33H,3-4,22-25H2,1-2H3,(H,38,42). The van der Waals surface area contributed by atoms with Gasteiger partial charge >= 0.3 is 0 Å². The Kier molecular flexibility index (Phi) is 11.7. The molecule has 0 heterocycles. The number of unbranched alkanes of at least 4 members (excludes halogenated alkanes) is 1. The number of carbonyl (C=O) groups is 2. The molecule has 0 aliphatic rings. The molecule has 1 N–H and O–H groups in total. The summed E-state index contributed by atoms with van der Waals surface area (Å²) in [5.74, 6) is -1.49. The lowest BCUT2D eigenvalue weighted by atomic mass is 10.0. The lowest BCUT2D eigenvalue weighted by Gasteiger charge is -2.34. The van der Waals surface area contributed by atoms with E-state index in [0.29, 0.717) is 17.1 Å². The van der Waals surface area contributed by atoms with Crippen LogP contribution in [0, 0.1) is 12.7 Å². The molecule has 0 fully saturated rings. The summed E-state index contributed by atoms with van der Waals surface area (Å²) in [5.41, 5.74) is 2.53. The molecule has 0 saturated heterocycles. The molecular formula is C35H37ClFN3O4S. The van der Waals surface area contributed by atoms with Crippen LogP contribution in [-0.4, -0.2) is 44.3 Å². The molecule has 0 aliphatic heterocycles. The summed E-state index contributed by atoms with van der Waals surface area (Å²) in [7, 11) is -4.27. The molecule has 7 nitrogen and oxygen atoms in total. The first-order chi connectivity index (χ1) is 21.6. The third kappa shape index (κ3) is 9.15. The van der Waals surface area contributed by atoms with Crippen molar-refractivity contribution in [1.82, 2.24) is 10.2 Å². The average Bonchev–Trinajstić information content (AvgIpc) is 3.03. The van der Waals surface area contributed by atoms with Crippen LogP contribution in [0.15, 0.2) is 108 Å². The molecule has 0 spiro atoms. The Morgan fingerprint density at radius 1 is 0.867 bits per heavy atom. The normalized spacial score (nSPS) is 11.9. The Morgan fingerprint density at radius 3 is 2.13 bits per heavy atom. The van der Waals surface area contributed by atoms with Crippen LogP contribution in [0.5, 0.6) is 0 Å². The van der Waals surface area contributed by atoms with Crippen molar-refractivity contribution in [2.45, 2.75) is 50.6 Å². The lowest BCUT2D eigenvalue weighted by molar-refractivity contribution is -0.140. The molecule has 0 aliphatic carbocycles. The van der Waals surface area contributed by atoms with Crippen LogP contribution in [-0.2, 0) is 32.6 Å². The van der Waals surface area contributed by atoms with Crippen LogP contribution in [0.3, 0.4) is 0 Å². The van der Waals surface area contributed by atoms with Crippen LogP contribution in [0.4, 0.5) is 10.1 Å². The van der Waals surface area contributed by atoms with Gasteiger partial charge in [0.25, 0.3) is 10.0 Å². The summed E-state index contributed by atoms with van der Waals surface area (Å²) in [6.45, 7) is 3.69. The predicted molar refractivity (Wildman–Crippen MR) is 176 cm³/mol. The van der Waals surface area contributed by atoms with Crippen LogP contribution < -0.4 is 9.62 Å². The van der Waals surface area contributed by atoms with Gasteiger partial charge in [-0.25, -0.2) is 12.8 Å². The highest BCUT2D eigenvalue weighted by molar-refractivity contribution is 7.92. The second-order valence-electron chi connectivity index (χ2n) is 10.8. The first kappa shape index (κ1) is 33.7. The zero-order valence-electron chi connectivity index (χ0n) is 25.3. The van der Waals surface area contributed by atoms with E-state index in [0.717, 1.165) is 40.4 Å². The minimum Gasteiger partial charge on any atom is -0.354 e. The molecule has 4 rings (SSSR count). The van der Waals surface area contributed by atoms with E-state index in [-0.39, 0.29) is 29.5 Å². The fourth-order valence-corrected chi connectivity index (χ4v) is 6.36. The van der Waals surface area contributed by atoms with Gasteiger partial charge in [0.05, 0.1) is 10.6 Å². The maximum atomic E-state index is 14.4. The average molecular weight is 650 g/mol. The van der Waals surface area contributed by atoms with Crippen molar-refractivity contribution in [1.29, 1.82) is 0 Å². The summed E-state index contributed by atoms with van der Waals surface area (Å²) in [5, 5.41) is 3.47. The SMILES string of the molecule is CCCCNC(=O)C(Cc1ccccc1)N(Cc1ccc(Cl)cc1)C(=O)CN(c1ccc(F)cc1)S(=O)(=O)c1ccc(C)cc1. The van der Waals surface area contributed by atoms with Crippen molar-refractivity contribution in [2.24, 2.45) is 0 Å². The molecule has 0 radical (unpaired) electrons. The summed E-state index contributed by atoms with van der Waals surface area (Å²) in [6, 6.07) is 26.5. The molecule has 4 aromatic carbocycles. The van der Waals surface area contributed by atoms with E-state index in [1.165, 1.54) is 29.2 Å². The van der Waals surface area contributed by atoms with Crippen molar-refractivity contribution in [3.63, 3.8) is 0 Å². The quantitative estimate of drug-likeness (QED) is 0.157. The van der Waals surface area contributed by atoms with Gasteiger partial charge in [0, 0.05) is 24.5 Å². The van der Waals surface area contributed by atoms with Crippen molar-refractivity contribution in [3.05, 3.63) is 131 Å². The first-order valence-corrected chi connectivity index (χ1v) is 16.6. The molecule has 45 heavy (non-hydrogen) atoms. The van der Waals surface area contributed by atoms with E-state index in [9.17, 15) is 22.4 Å². The number of aryl methyl sites for hydroxylation is 1. The van der Waals surface area contributed by atoms with Crippen LogP contribution >= 0.6 is 11.6 Å². The molecule has 0 aromatic heterocycles. The van der Waals surface area contributed by atoms with Crippen molar-refractivity contribution < 1.29 is 22.4 Å². The van der Waals surface area contributed by atoms with Gasteiger partial charge in [-0.05, 0) is 73.0 Å². The number of nitrogens with zero attached hydrogens (tertiary/aromatic N) is 2. The third-order valence-corrected chi connectivity index (χ3v) is 9.41. The van der Waals surface area contributed by atoms with Gasteiger partial charge < -0.3 is 10.2 Å². The number of sulfonamides is 1. The number of amides is 2. The predicted octanol–water partition coefficient (Wildman–Crippen LogP) is 6.54. The molecule has 10 heteroatoms. The molecule has 0 bridgehead atoms. The van der Waals surface area contributed by atoms with Crippen LogP contribution in [0.25, 0.3) is 0 Å². The monoisotopic (exact) mass is 649 g/mol. The Bertz CT molecular complexity index is 1670. The van der Waals surface area contributed by atoms with Crippen LogP contribution in [0.1, 0.15) is 36.5 Å². The van der Waals surface area contributed by atoms with E-state index in [1.807, 2.05) is 44.2 Å². The highest BCUT2D eigenvalue weighted by Crippen LogP contribution is 2.26. The smallest absolute Gasteiger partial charge is 0.264 e. The second kappa shape index (κ2) is 15.7. The number of anilines is 1. The van der Waals surface area contributed by atoms with E-state index in [1.54, 1.807) is 36.4 Å². The number of nitrogens with one attached hydrogen (secondary N) is 1. The number of rotatable bonds is 14. The zero-order valence-corrected chi connectivity index (χ0v) is 26.9. The van der Waals surface area contributed by atoms with Gasteiger partial charge in [-0.3, -0.25) is 13.9 Å². The van der Waals surface area contributed by atoms with Gasteiger partial charge in [0.1, 0.15) is 18.4 Å². The molecule has 1 atom stereocenters. The summed E-state index contributed by atoms with van der Waals surface area (Å²) >= 11 is 6.12. The Balaban J connectivity index is 1.78. The number of halogens is 2. The van der Waals surface area contributed by atoms with E-state index in [2.05, 4.69) is 5.32 Å². The fourth-order valence-electron chi connectivity index (χ4n) is 4.82. The summed E-state index contributed by atoms with van der Waals surface area (Å²) in [6.07, 6.45) is 1.85. The largest absolute Gasteiger partial charge is 0.354 e. The van der Waals surface area contributed by atoms with Crippen molar-refractivity contribution in [2.75, 3.05) is 17.4 Å². The zero-order chi connectivity index (χ0) is 32.4. The Labute approximate surface area is 269 Å². The highest BCUT2D eigenvalue weighted by Gasteiger charge is 2.34. The maximum Gasteiger partial charge on any atom is 0.264 e. The van der Waals surface area contributed by atoms with Gasteiger partial charge in [0.15, 0.2) is 0 Å². The Hall–Kier alpha value is -4.21. The fraction of sp³-hybridized carbons (Fsp3) is 0.257. The van der Waals surface area contributed by atoms with Gasteiger partial charge in [-0.2, -0.15) is 0 Å². The number of benzene rings is 4. The minimum atomic E-state index is -4.27. The van der Waals surface area contributed by atoms with Crippen LogP contribution in [0.2, 0.25) is 5.02 Å². The number of hydrogen-bond donors (Lipinski definition) is 1. The maximum absolute atomic E-state index is 14.4. The molecular weight excluding hydrogens is 613 g/mol. The van der Waals surface area contributed by atoms with Crippen molar-refractivity contribution in [3.8, 4) is 0 Å². The molecule has 1 unspecified atom stereocenters. The Morgan fingerprint density at radius 2 is 1.51 bits per heavy atom. The summed E-state index contributed by atoms with van der Waals surface area (Å²) in [4.78, 5) is 29.6. The number of hydrogen-bond acceptors (Lipinski definition) is 4. The lowest BCUT2D eigenvalue weighted by Crippen LogP contribution is -2.53. The van der Waals surface area contributed by atoms with E-state index >= 15 is 0 Å². The minimum absolute atomic E-state index is 0.0207. The topological polar surface area (TPSA) is 86.8 Å². The molecule has 4 aromatic rings.